The topological polar surface area (TPSA) is 48.1 Å². The summed E-state index contributed by atoms with van der Waals surface area (Å²) in [6.45, 7) is 0.515. The van der Waals surface area contributed by atoms with Crippen LogP contribution in [-0.2, 0) is 0 Å². The Balaban J connectivity index is 2.31. The summed E-state index contributed by atoms with van der Waals surface area (Å²) in [5.41, 5.74) is 6.49. The fourth-order valence-electron chi connectivity index (χ4n) is 1.17. The minimum atomic E-state index is 0.489. The highest BCUT2D eigenvalue weighted by Crippen LogP contribution is 2.27. The van der Waals surface area contributed by atoms with Gasteiger partial charge in [0.25, 0.3) is 0 Å². The third-order valence-corrected chi connectivity index (χ3v) is 2.72. The highest BCUT2D eigenvalue weighted by molar-refractivity contribution is 7.22. The minimum absolute atomic E-state index is 0.489. The van der Waals surface area contributed by atoms with E-state index in [0.29, 0.717) is 17.6 Å². The van der Waals surface area contributed by atoms with Crippen molar-refractivity contribution in [1.82, 2.24) is 4.98 Å². The van der Waals surface area contributed by atoms with Gasteiger partial charge in [0, 0.05) is 0 Å². The molecule has 74 valence electrons. The van der Waals surface area contributed by atoms with Crippen molar-refractivity contribution in [2.45, 2.75) is 0 Å². The van der Waals surface area contributed by atoms with Crippen LogP contribution in [0.3, 0.4) is 0 Å². The number of halogens is 1. The lowest BCUT2D eigenvalue weighted by Gasteiger charge is -2.02. The number of anilines is 1. The van der Waals surface area contributed by atoms with Gasteiger partial charge in [0.2, 0.25) is 0 Å². The number of thiazole rings is 1. The maximum Gasteiger partial charge on any atom is 0.181 e. The Morgan fingerprint density at radius 2 is 2.36 bits per heavy atom. The summed E-state index contributed by atoms with van der Waals surface area (Å²) in [6.07, 6.45) is 0. The molecule has 0 aliphatic carbocycles. The third kappa shape index (κ3) is 1.91. The average molecular weight is 229 g/mol. The van der Waals surface area contributed by atoms with Gasteiger partial charge < -0.3 is 10.5 Å². The summed E-state index contributed by atoms with van der Waals surface area (Å²) in [4.78, 5) is 4.15. The molecule has 1 heterocycles. The molecule has 0 unspecified atom stereocenters. The molecule has 0 radical (unpaired) electrons. The SMILES string of the molecule is Nc1nc2ccc(OCCCl)cc2s1. The summed E-state index contributed by atoms with van der Waals surface area (Å²) < 4.78 is 6.42. The molecule has 14 heavy (non-hydrogen) atoms. The number of rotatable bonds is 3. The smallest absolute Gasteiger partial charge is 0.181 e. The van der Waals surface area contributed by atoms with Gasteiger partial charge in [-0.25, -0.2) is 4.98 Å². The van der Waals surface area contributed by atoms with Crippen LogP contribution in [-0.4, -0.2) is 17.5 Å². The van der Waals surface area contributed by atoms with Gasteiger partial charge in [0.15, 0.2) is 5.13 Å². The van der Waals surface area contributed by atoms with Crippen LogP contribution in [0.2, 0.25) is 0 Å². The van der Waals surface area contributed by atoms with Gasteiger partial charge in [-0.2, -0.15) is 0 Å². The normalized spacial score (nSPS) is 10.6. The molecule has 2 aromatic rings. The molecule has 3 nitrogen and oxygen atoms in total. The monoisotopic (exact) mass is 228 g/mol. The maximum absolute atomic E-state index is 5.59. The molecule has 0 saturated carbocycles. The molecule has 0 saturated heterocycles. The molecule has 0 aliphatic rings. The van der Waals surface area contributed by atoms with Gasteiger partial charge in [0.05, 0.1) is 16.1 Å². The predicted octanol–water partition coefficient (Wildman–Crippen LogP) is 2.50. The van der Waals surface area contributed by atoms with Crippen molar-refractivity contribution in [2.24, 2.45) is 0 Å². The van der Waals surface area contributed by atoms with Gasteiger partial charge in [-0.05, 0) is 18.2 Å². The minimum Gasteiger partial charge on any atom is -0.492 e. The molecule has 0 bridgehead atoms. The summed E-state index contributed by atoms with van der Waals surface area (Å²) in [5.74, 6) is 1.30. The van der Waals surface area contributed by atoms with Gasteiger partial charge in [-0.15, -0.1) is 11.6 Å². The summed E-state index contributed by atoms with van der Waals surface area (Å²) in [5, 5.41) is 0.578. The third-order valence-electron chi connectivity index (χ3n) is 1.72. The van der Waals surface area contributed by atoms with Crippen molar-refractivity contribution < 1.29 is 4.74 Å². The molecule has 2 N–H and O–H groups in total. The van der Waals surface area contributed by atoms with Crippen LogP contribution < -0.4 is 10.5 Å². The average Bonchev–Trinajstić information content (AvgIpc) is 2.54. The first-order valence-corrected chi connectivity index (χ1v) is 5.49. The fourth-order valence-corrected chi connectivity index (χ4v) is 2.01. The van der Waals surface area contributed by atoms with E-state index in [1.807, 2.05) is 18.2 Å². The van der Waals surface area contributed by atoms with Crippen LogP contribution in [0.1, 0.15) is 0 Å². The van der Waals surface area contributed by atoms with E-state index >= 15 is 0 Å². The van der Waals surface area contributed by atoms with Crippen molar-refractivity contribution in [3.8, 4) is 5.75 Å². The molecule has 0 amide bonds. The highest BCUT2D eigenvalue weighted by atomic mass is 35.5. The van der Waals surface area contributed by atoms with Crippen LogP contribution in [0, 0.1) is 0 Å². The van der Waals surface area contributed by atoms with E-state index in [2.05, 4.69) is 4.98 Å². The summed E-state index contributed by atoms with van der Waals surface area (Å²) >= 11 is 6.97. The Bertz CT molecular complexity index is 443. The lowest BCUT2D eigenvalue weighted by atomic mass is 10.3. The fraction of sp³-hybridized carbons (Fsp3) is 0.222. The first-order valence-electron chi connectivity index (χ1n) is 4.14. The quantitative estimate of drug-likeness (QED) is 0.822. The molecule has 0 spiro atoms. The Labute approximate surface area is 90.5 Å². The van der Waals surface area contributed by atoms with Crippen LogP contribution in [0.5, 0.6) is 5.75 Å². The number of hydrogen-bond donors (Lipinski definition) is 1. The zero-order valence-electron chi connectivity index (χ0n) is 7.37. The highest BCUT2D eigenvalue weighted by Gasteiger charge is 2.02. The predicted molar refractivity (Wildman–Crippen MR) is 60.2 cm³/mol. The summed E-state index contributed by atoms with van der Waals surface area (Å²) in [7, 11) is 0. The molecule has 0 aliphatic heterocycles. The standard InChI is InChI=1S/C9H9ClN2OS/c10-3-4-13-6-1-2-7-8(5-6)14-9(11)12-7/h1-2,5H,3-4H2,(H2,11,12). The molecular formula is C9H9ClN2OS. The molecule has 1 aromatic carbocycles. The van der Waals surface area contributed by atoms with Gasteiger partial charge in [-0.3, -0.25) is 0 Å². The van der Waals surface area contributed by atoms with E-state index < -0.39 is 0 Å². The Morgan fingerprint density at radius 1 is 1.50 bits per heavy atom. The number of ether oxygens (including phenoxy) is 1. The van der Waals surface area contributed by atoms with E-state index in [-0.39, 0.29) is 0 Å². The zero-order valence-corrected chi connectivity index (χ0v) is 8.94. The van der Waals surface area contributed by atoms with Crippen LogP contribution in [0.4, 0.5) is 5.13 Å². The largest absolute Gasteiger partial charge is 0.492 e. The molecular weight excluding hydrogens is 220 g/mol. The van der Waals surface area contributed by atoms with E-state index in [4.69, 9.17) is 22.1 Å². The first-order chi connectivity index (χ1) is 6.79. The first kappa shape index (κ1) is 9.55. The zero-order chi connectivity index (χ0) is 9.97. The van der Waals surface area contributed by atoms with Crippen molar-refractivity contribution in [3.63, 3.8) is 0 Å². The van der Waals surface area contributed by atoms with Crippen molar-refractivity contribution >= 4 is 38.3 Å². The molecule has 0 fully saturated rings. The van der Waals surface area contributed by atoms with Crippen molar-refractivity contribution in [1.29, 1.82) is 0 Å². The second-order valence-electron chi connectivity index (χ2n) is 2.72. The van der Waals surface area contributed by atoms with E-state index in [1.54, 1.807) is 0 Å². The van der Waals surface area contributed by atoms with E-state index in [9.17, 15) is 0 Å². The summed E-state index contributed by atoms with van der Waals surface area (Å²) in [6, 6.07) is 5.69. The van der Waals surface area contributed by atoms with Gasteiger partial charge in [0.1, 0.15) is 12.4 Å². The molecule has 1 aromatic heterocycles. The van der Waals surface area contributed by atoms with E-state index in [0.717, 1.165) is 16.0 Å². The van der Waals surface area contributed by atoms with Crippen molar-refractivity contribution in [3.05, 3.63) is 18.2 Å². The Morgan fingerprint density at radius 3 is 3.14 bits per heavy atom. The number of nitrogens with zero attached hydrogens (tertiary/aromatic N) is 1. The lowest BCUT2D eigenvalue weighted by molar-refractivity contribution is 0.343. The number of aromatic nitrogens is 1. The molecule has 2 rings (SSSR count). The lowest BCUT2D eigenvalue weighted by Crippen LogP contribution is -1.97. The van der Waals surface area contributed by atoms with Crippen LogP contribution >= 0.6 is 22.9 Å². The molecule has 0 atom stereocenters. The van der Waals surface area contributed by atoms with Gasteiger partial charge >= 0.3 is 0 Å². The number of nitrogens with two attached hydrogens (primary N) is 1. The second-order valence-corrected chi connectivity index (χ2v) is 4.16. The number of fused-ring (bicyclic) bond motifs is 1. The van der Waals surface area contributed by atoms with Gasteiger partial charge in [-0.1, -0.05) is 11.3 Å². The van der Waals surface area contributed by atoms with Crippen LogP contribution in [0.15, 0.2) is 18.2 Å². The second kappa shape index (κ2) is 4.02. The van der Waals surface area contributed by atoms with E-state index in [1.165, 1.54) is 11.3 Å². The number of nitrogen functional groups attached to an aromatic ring is 1. The number of alkyl halides is 1. The number of benzene rings is 1. The van der Waals surface area contributed by atoms with Crippen LogP contribution in [0.25, 0.3) is 10.2 Å². The number of hydrogen-bond acceptors (Lipinski definition) is 4. The Hall–Kier alpha value is -1.000. The van der Waals surface area contributed by atoms with Crippen molar-refractivity contribution in [2.75, 3.05) is 18.2 Å². The molecule has 5 heteroatoms. The maximum atomic E-state index is 5.59. The Kier molecular flexibility index (Phi) is 2.74.